The molecule has 0 bridgehead atoms. The maximum atomic E-state index is 13.3. The molecule has 1 aromatic carbocycles. The molecule has 0 saturated heterocycles. The Kier molecular flexibility index (Phi) is 5.32. The van der Waals surface area contributed by atoms with Gasteiger partial charge in [-0.05, 0) is 18.2 Å². The second-order valence-corrected chi connectivity index (χ2v) is 3.81. The molecule has 0 aliphatic rings. The van der Waals surface area contributed by atoms with Crippen LogP contribution in [0.2, 0.25) is 5.02 Å². The number of carbonyl (C=O) groups excluding carboxylic acids is 1. The van der Waals surface area contributed by atoms with Crippen molar-refractivity contribution in [1.82, 2.24) is 5.32 Å². The van der Waals surface area contributed by atoms with Crippen molar-refractivity contribution in [3.8, 4) is 0 Å². The van der Waals surface area contributed by atoms with Crippen molar-refractivity contribution >= 4 is 29.6 Å². The van der Waals surface area contributed by atoms with Gasteiger partial charge in [0.15, 0.2) is 0 Å². The molecule has 0 saturated carbocycles. The number of carboxylic acids is 1. The Morgan fingerprint density at radius 3 is 2.78 bits per heavy atom. The van der Waals surface area contributed by atoms with Gasteiger partial charge in [-0.1, -0.05) is 17.7 Å². The Labute approximate surface area is 108 Å². The number of benzene rings is 1. The molecule has 0 aliphatic carbocycles. The molecule has 1 aromatic rings. The lowest BCUT2D eigenvalue weighted by Crippen LogP contribution is -2.23. The molecular formula is C12H11ClFNO3. The number of carbonyl (C=O) groups is 2. The number of nitrogens with one attached hydrogen (secondary N) is 1. The largest absolute Gasteiger partial charge is 0.481 e. The van der Waals surface area contributed by atoms with E-state index in [0.29, 0.717) is 0 Å². The van der Waals surface area contributed by atoms with Gasteiger partial charge in [0.1, 0.15) is 5.82 Å². The number of amides is 1. The molecule has 2 N–H and O–H groups in total. The zero-order valence-electron chi connectivity index (χ0n) is 9.32. The van der Waals surface area contributed by atoms with Crippen molar-refractivity contribution in [3.63, 3.8) is 0 Å². The quantitative estimate of drug-likeness (QED) is 0.806. The van der Waals surface area contributed by atoms with Crippen molar-refractivity contribution in [2.45, 2.75) is 6.42 Å². The standard InChI is InChI=1S/C12H11ClFNO3/c13-9-2-1-3-10(14)8(9)4-5-11(16)15-7-6-12(17)18/h1-5H,6-7H2,(H,15,16)(H,17,18)/b5-4+. The summed E-state index contributed by atoms with van der Waals surface area (Å²) in [5, 5.41) is 10.9. The summed E-state index contributed by atoms with van der Waals surface area (Å²) in [6, 6.07) is 4.20. The molecule has 0 unspecified atom stereocenters. The van der Waals surface area contributed by atoms with Crippen LogP contribution in [0.1, 0.15) is 12.0 Å². The fraction of sp³-hybridized carbons (Fsp3) is 0.167. The predicted molar refractivity (Wildman–Crippen MR) is 65.7 cm³/mol. The normalized spacial score (nSPS) is 10.6. The van der Waals surface area contributed by atoms with E-state index in [0.717, 1.165) is 6.08 Å². The van der Waals surface area contributed by atoms with Crippen LogP contribution in [0.4, 0.5) is 4.39 Å². The lowest BCUT2D eigenvalue weighted by Gasteiger charge is -2.00. The molecule has 6 heteroatoms. The molecule has 96 valence electrons. The minimum Gasteiger partial charge on any atom is -0.481 e. The highest BCUT2D eigenvalue weighted by Gasteiger charge is 2.04. The van der Waals surface area contributed by atoms with Crippen LogP contribution in [-0.4, -0.2) is 23.5 Å². The summed E-state index contributed by atoms with van der Waals surface area (Å²) in [5.41, 5.74) is 0.118. The Balaban J connectivity index is 2.58. The van der Waals surface area contributed by atoms with Crippen molar-refractivity contribution in [3.05, 3.63) is 40.7 Å². The first kappa shape index (κ1) is 14.2. The second-order valence-electron chi connectivity index (χ2n) is 3.40. The van der Waals surface area contributed by atoms with E-state index in [1.807, 2.05) is 0 Å². The fourth-order valence-electron chi connectivity index (χ4n) is 1.18. The van der Waals surface area contributed by atoms with E-state index in [1.165, 1.54) is 24.3 Å². The number of rotatable bonds is 5. The van der Waals surface area contributed by atoms with Gasteiger partial charge in [-0.3, -0.25) is 9.59 Å². The molecule has 0 spiro atoms. The van der Waals surface area contributed by atoms with E-state index in [-0.39, 0.29) is 23.6 Å². The smallest absolute Gasteiger partial charge is 0.305 e. The third-order valence-corrected chi connectivity index (χ3v) is 2.37. The first-order valence-electron chi connectivity index (χ1n) is 5.12. The summed E-state index contributed by atoms with van der Waals surface area (Å²) in [7, 11) is 0. The van der Waals surface area contributed by atoms with E-state index in [9.17, 15) is 14.0 Å². The van der Waals surface area contributed by atoms with Crippen LogP contribution in [0.15, 0.2) is 24.3 Å². The summed E-state index contributed by atoms with van der Waals surface area (Å²) in [6.45, 7) is 0.0174. The Hall–Kier alpha value is -1.88. The molecular weight excluding hydrogens is 261 g/mol. The third-order valence-electron chi connectivity index (χ3n) is 2.04. The van der Waals surface area contributed by atoms with Gasteiger partial charge in [0.05, 0.1) is 11.4 Å². The van der Waals surface area contributed by atoms with Gasteiger partial charge in [0.2, 0.25) is 5.91 Å². The van der Waals surface area contributed by atoms with Crippen LogP contribution in [0, 0.1) is 5.82 Å². The van der Waals surface area contributed by atoms with Crippen molar-refractivity contribution in [1.29, 1.82) is 0 Å². The van der Waals surface area contributed by atoms with Crippen LogP contribution in [0.25, 0.3) is 6.08 Å². The zero-order valence-corrected chi connectivity index (χ0v) is 10.1. The molecule has 0 radical (unpaired) electrons. The van der Waals surface area contributed by atoms with E-state index in [4.69, 9.17) is 16.7 Å². The maximum Gasteiger partial charge on any atom is 0.305 e. The summed E-state index contributed by atoms with van der Waals surface area (Å²) < 4.78 is 13.3. The number of carboxylic acid groups (broad SMARTS) is 1. The van der Waals surface area contributed by atoms with Gasteiger partial charge in [0, 0.05) is 18.2 Å². The molecule has 1 amide bonds. The predicted octanol–water partition coefficient (Wildman–Crippen LogP) is 2.08. The lowest BCUT2D eigenvalue weighted by atomic mass is 10.2. The second kappa shape index (κ2) is 6.76. The summed E-state index contributed by atoms with van der Waals surface area (Å²) >= 11 is 5.76. The SMILES string of the molecule is O=C(O)CCNC(=O)/C=C/c1c(F)cccc1Cl. The van der Waals surface area contributed by atoms with Crippen molar-refractivity contribution < 1.29 is 19.1 Å². The topological polar surface area (TPSA) is 66.4 Å². The summed E-state index contributed by atoms with van der Waals surface area (Å²) in [6.07, 6.45) is 2.18. The molecule has 4 nitrogen and oxygen atoms in total. The number of hydrogen-bond donors (Lipinski definition) is 2. The Bertz CT molecular complexity index is 468. The Morgan fingerprint density at radius 1 is 1.44 bits per heavy atom. The van der Waals surface area contributed by atoms with Gasteiger partial charge in [-0.15, -0.1) is 0 Å². The molecule has 18 heavy (non-hydrogen) atoms. The summed E-state index contributed by atoms with van der Waals surface area (Å²) in [5.74, 6) is -2.04. The molecule has 0 aromatic heterocycles. The van der Waals surface area contributed by atoms with Crippen LogP contribution < -0.4 is 5.32 Å². The number of halogens is 2. The highest BCUT2D eigenvalue weighted by Crippen LogP contribution is 2.20. The molecule has 0 heterocycles. The maximum absolute atomic E-state index is 13.3. The van der Waals surface area contributed by atoms with Crippen LogP contribution in [-0.2, 0) is 9.59 Å². The molecule has 0 aliphatic heterocycles. The lowest BCUT2D eigenvalue weighted by molar-refractivity contribution is -0.136. The third kappa shape index (κ3) is 4.55. The van der Waals surface area contributed by atoms with Crippen molar-refractivity contribution in [2.24, 2.45) is 0 Å². The monoisotopic (exact) mass is 271 g/mol. The van der Waals surface area contributed by atoms with Crippen LogP contribution in [0.3, 0.4) is 0 Å². The fourth-order valence-corrected chi connectivity index (χ4v) is 1.41. The highest BCUT2D eigenvalue weighted by molar-refractivity contribution is 6.32. The molecule has 1 rings (SSSR count). The molecule has 0 fully saturated rings. The Morgan fingerprint density at radius 2 is 2.17 bits per heavy atom. The first-order valence-corrected chi connectivity index (χ1v) is 5.50. The van der Waals surface area contributed by atoms with E-state index in [1.54, 1.807) is 0 Å². The highest BCUT2D eigenvalue weighted by atomic mass is 35.5. The molecule has 0 atom stereocenters. The number of hydrogen-bond acceptors (Lipinski definition) is 2. The minimum absolute atomic E-state index is 0.0174. The van der Waals surface area contributed by atoms with Crippen molar-refractivity contribution in [2.75, 3.05) is 6.54 Å². The summed E-state index contributed by atoms with van der Waals surface area (Å²) in [4.78, 5) is 21.5. The van der Waals surface area contributed by atoms with Gasteiger partial charge in [-0.25, -0.2) is 4.39 Å². The average molecular weight is 272 g/mol. The number of aliphatic carboxylic acids is 1. The van der Waals surface area contributed by atoms with Gasteiger partial charge in [-0.2, -0.15) is 0 Å². The van der Waals surface area contributed by atoms with Gasteiger partial charge < -0.3 is 10.4 Å². The van der Waals surface area contributed by atoms with Crippen LogP contribution >= 0.6 is 11.6 Å². The van der Waals surface area contributed by atoms with Gasteiger partial charge >= 0.3 is 5.97 Å². The van der Waals surface area contributed by atoms with E-state index >= 15 is 0 Å². The van der Waals surface area contributed by atoms with Gasteiger partial charge in [0.25, 0.3) is 0 Å². The first-order chi connectivity index (χ1) is 8.50. The van der Waals surface area contributed by atoms with E-state index in [2.05, 4.69) is 5.32 Å². The zero-order chi connectivity index (χ0) is 13.5. The average Bonchev–Trinajstić information content (AvgIpc) is 2.27. The van der Waals surface area contributed by atoms with E-state index < -0.39 is 17.7 Å². The van der Waals surface area contributed by atoms with Crippen LogP contribution in [0.5, 0.6) is 0 Å². The minimum atomic E-state index is -1.00.